The Kier molecular flexibility index (Phi) is 5.22. The minimum absolute atomic E-state index is 0.0696. The van der Waals surface area contributed by atoms with Crippen LogP contribution in [-0.4, -0.2) is 34.7 Å². The SMILES string of the molecule is Nc1ccccc1C(=O)NC(=O)Nc1ccc2c(c1)C(=O)N(C1CCCCC1)C2=O. The highest BCUT2D eigenvalue weighted by Crippen LogP contribution is 2.32. The number of carbonyl (C=O) groups excluding carboxylic acids is 4. The van der Waals surface area contributed by atoms with Gasteiger partial charge in [0, 0.05) is 17.4 Å². The molecule has 8 nitrogen and oxygen atoms in total. The van der Waals surface area contributed by atoms with Crippen molar-refractivity contribution in [3.05, 3.63) is 59.2 Å². The number of fused-ring (bicyclic) bond motifs is 1. The van der Waals surface area contributed by atoms with Crippen LogP contribution in [0.1, 0.15) is 63.2 Å². The van der Waals surface area contributed by atoms with E-state index in [9.17, 15) is 19.2 Å². The number of imide groups is 2. The number of nitrogens with two attached hydrogens (primary N) is 1. The average molecular weight is 406 g/mol. The summed E-state index contributed by atoms with van der Waals surface area (Å²) >= 11 is 0. The van der Waals surface area contributed by atoms with Crippen molar-refractivity contribution in [2.45, 2.75) is 38.1 Å². The van der Waals surface area contributed by atoms with Crippen molar-refractivity contribution in [1.82, 2.24) is 10.2 Å². The maximum atomic E-state index is 12.9. The summed E-state index contributed by atoms with van der Waals surface area (Å²) in [5, 5.41) is 4.73. The maximum absolute atomic E-state index is 12.9. The van der Waals surface area contributed by atoms with E-state index in [1.165, 1.54) is 29.2 Å². The molecule has 4 N–H and O–H groups in total. The number of carbonyl (C=O) groups is 4. The summed E-state index contributed by atoms with van der Waals surface area (Å²) in [6.45, 7) is 0. The molecule has 0 radical (unpaired) electrons. The molecule has 5 amide bonds. The van der Waals surface area contributed by atoms with Crippen molar-refractivity contribution >= 4 is 35.1 Å². The molecule has 0 atom stereocenters. The predicted molar refractivity (Wildman–Crippen MR) is 111 cm³/mol. The Morgan fingerprint density at radius 3 is 2.37 bits per heavy atom. The summed E-state index contributed by atoms with van der Waals surface area (Å²) in [6, 6.07) is 10.1. The van der Waals surface area contributed by atoms with E-state index in [1.54, 1.807) is 18.2 Å². The molecule has 2 aromatic rings. The first-order valence-electron chi connectivity index (χ1n) is 9.94. The van der Waals surface area contributed by atoms with E-state index in [1.807, 2.05) is 0 Å². The average Bonchev–Trinajstić information content (AvgIpc) is 2.98. The first-order valence-corrected chi connectivity index (χ1v) is 9.94. The van der Waals surface area contributed by atoms with Crippen LogP contribution in [0.15, 0.2) is 42.5 Å². The molecule has 1 saturated carbocycles. The lowest BCUT2D eigenvalue weighted by atomic mass is 9.94. The molecule has 0 unspecified atom stereocenters. The molecule has 1 fully saturated rings. The van der Waals surface area contributed by atoms with Gasteiger partial charge in [-0.15, -0.1) is 0 Å². The minimum Gasteiger partial charge on any atom is -0.398 e. The summed E-state index contributed by atoms with van der Waals surface area (Å²) in [4.78, 5) is 51.4. The fourth-order valence-corrected chi connectivity index (χ4v) is 4.04. The number of nitrogens with zero attached hydrogens (tertiary/aromatic N) is 1. The molecule has 1 aliphatic heterocycles. The normalized spacial score (nSPS) is 16.3. The molecule has 0 saturated heterocycles. The standard InChI is InChI=1S/C22H22N4O4/c23-18-9-5-4-8-16(18)19(27)25-22(30)24-13-10-11-15-17(12-13)21(29)26(20(15)28)14-6-2-1-3-7-14/h4-5,8-12,14H,1-3,6-7,23H2,(H2,24,25,27,30). The number of benzene rings is 2. The van der Waals surface area contributed by atoms with Crippen molar-refractivity contribution in [2.75, 3.05) is 11.1 Å². The molecule has 0 aromatic heterocycles. The number of rotatable bonds is 3. The van der Waals surface area contributed by atoms with Crippen LogP contribution in [0, 0.1) is 0 Å². The third-order valence-electron chi connectivity index (χ3n) is 5.55. The summed E-state index contributed by atoms with van der Waals surface area (Å²) in [7, 11) is 0. The van der Waals surface area contributed by atoms with Gasteiger partial charge < -0.3 is 11.1 Å². The molecule has 4 rings (SSSR count). The van der Waals surface area contributed by atoms with Crippen LogP contribution in [0.5, 0.6) is 0 Å². The number of amides is 5. The Hall–Kier alpha value is -3.68. The van der Waals surface area contributed by atoms with E-state index in [2.05, 4.69) is 10.6 Å². The van der Waals surface area contributed by atoms with Crippen molar-refractivity contribution in [3.8, 4) is 0 Å². The number of nitrogen functional groups attached to an aromatic ring is 1. The van der Waals surface area contributed by atoms with Crippen LogP contribution >= 0.6 is 0 Å². The van der Waals surface area contributed by atoms with Crippen molar-refractivity contribution in [3.63, 3.8) is 0 Å². The van der Waals surface area contributed by atoms with Gasteiger partial charge >= 0.3 is 6.03 Å². The zero-order valence-corrected chi connectivity index (χ0v) is 16.3. The van der Waals surface area contributed by atoms with Gasteiger partial charge in [0.15, 0.2) is 0 Å². The highest BCUT2D eigenvalue weighted by molar-refractivity contribution is 6.22. The largest absolute Gasteiger partial charge is 0.398 e. The van der Waals surface area contributed by atoms with Crippen LogP contribution in [0.4, 0.5) is 16.2 Å². The van der Waals surface area contributed by atoms with Gasteiger partial charge in [0.05, 0.1) is 16.7 Å². The number of para-hydroxylation sites is 1. The highest BCUT2D eigenvalue weighted by atomic mass is 16.2. The van der Waals surface area contributed by atoms with Crippen LogP contribution in [-0.2, 0) is 0 Å². The zero-order chi connectivity index (χ0) is 21.3. The Morgan fingerprint density at radius 1 is 0.933 bits per heavy atom. The molecule has 2 aromatic carbocycles. The first kappa shape index (κ1) is 19.6. The Labute approximate surface area is 173 Å². The summed E-state index contributed by atoms with van der Waals surface area (Å²) < 4.78 is 0. The van der Waals surface area contributed by atoms with Gasteiger partial charge in [-0.25, -0.2) is 4.79 Å². The van der Waals surface area contributed by atoms with Gasteiger partial charge in [0.25, 0.3) is 17.7 Å². The highest BCUT2D eigenvalue weighted by Gasteiger charge is 2.40. The van der Waals surface area contributed by atoms with Gasteiger partial charge in [-0.1, -0.05) is 31.4 Å². The second kappa shape index (κ2) is 7.98. The van der Waals surface area contributed by atoms with Gasteiger partial charge in [0.2, 0.25) is 0 Å². The Balaban J connectivity index is 1.46. The Bertz CT molecular complexity index is 1040. The fourth-order valence-electron chi connectivity index (χ4n) is 4.04. The molecule has 30 heavy (non-hydrogen) atoms. The molecule has 1 aliphatic carbocycles. The lowest BCUT2D eigenvalue weighted by Gasteiger charge is -2.29. The van der Waals surface area contributed by atoms with E-state index >= 15 is 0 Å². The number of hydrogen-bond donors (Lipinski definition) is 3. The summed E-state index contributed by atoms with van der Waals surface area (Å²) in [6.07, 6.45) is 4.78. The molecular formula is C22H22N4O4. The maximum Gasteiger partial charge on any atom is 0.326 e. The third kappa shape index (κ3) is 3.63. The smallest absolute Gasteiger partial charge is 0.326 e. The zero-order valence-electron chi connectivity index (χ0n) is 16.3. The number of nitrogens with one attached hydrogen (secondary N) is 2. The molecule has 1 heterocycles. The van der Waals surface area contributed by atoms with Crippen LogP contribution in [0.3, 0.4) is 0 Å². The second-order valence-electron chi connectivity index (χ2n) is 7.53. The molecule has 0 bridgehead atoms. The minimum atomic E-state index is -0.760. The van der Waals surface area contributed by atoms with Gasteiger partial charge in [-0.2, -0.15) is 0 Å². The van der Waals surface area contributed by atoms with Gasteiger partial charge in [0.1, 0.15) is 0 Å². The van der Waals surface area contributed by atoms with Gasteiger partial charge in [-0.05, 0) is 43.2 Å². The number of hydrogen-bond acceptors (Lipinski definition) is 5. The van der Waals surface area contributed by atoms with E-state index in [0.29, 0.717) is 11.3 Å². The molecule has 8 heteroatoms. The first-order chi connectivity index (χ1) is 14.5. The molecule has 2 aliphatic rings. The van der Waals surface area contributed by atoms with E-state index in [-0.39, 0.29) is 34.7 Å². The van der Waals surface area contributed by atoms with Gasteiger partial charge in [-0.3, -0.25) is 24.6 Å². The van der Waals surface area contributed by atoms with E-state index in [0.717, 1.165) is 32.1 Å². The third-order valence-corrected chi connectivity index (χ3v) is 5.55. The predicted octanol–water partition coefficient (Wildman–Crippen LogP) is 3.16. The van der Waals surface area contributed by atoms with E-state index < -0.39 is 11.9 Å². The fraction of sp³-hybridized carbons (Fsp3) is 0.273. The lowest BCUT2D eigenvalue weighted by Crippen LogP contribution is -2.40. The molecule has 0 spiro atoms. The molecule has 154 valence electrons. The van der Waals surface area contributed by atoms with E-state index in [4.69, 9.17) is 5.73 Å². The van der Waals surface area contributed by atoms with Crippen LogP contribution in [0.2, 0.25) is 0 Å². The topological polar surface area (TPSA) is 122 Å². The monoisotopic (exact) mass is 406 g/mol. The summed E-state index contributed by atoms with van der Waals surface area (Å²) in [5.74, 6) is -1.26. The number of anilines is 2. The van der Waals surface area contributed by atoms with Crippen LogP contribution in [0.25, 0.3) is 0 Å². The van der Waals surface area contributed by atoms with Crippen molar-refractivity contribution < 1.29 is 19.2 Å². The second-order valence-corrected chi connectivity index (χ2v) is 7.53. The summed E-state index contributed by atoms with van der Waals surface area (Å²) in [5.41, 5.74) is 7.10. The lowest BCUT2D eigenvalue weighted by molar-refractivity contribution is 0.0548. The van der Waals surface area contributed by atoms with Crippen molar-refractivity contribution in [2.24, 2.45) is 0 Å². The quantitative estimate of drug-likeness (QED) is 0.534. The van der Waals surface area contributed by atoms with Crippen LogP contribution < -0.4 is 16.4 Å². The molecular weight excluding hydrogens is 384 g/mol. The number of urea groups is 1. The Morgan fingerprint density at radius 2 is 1.63 bits per heavy atom. The van der Waals surface area contributed by atoms with Crippen molar-refractivity contribution in [1.29, 1.82) is 0 Å².